The Morgan fingerprint density at radius 2 is 2.10 bits per heavy atom. The van der Waals surface area contributed by atoms with E-state index in [1.165, 1.54) is 0 Å². The monoisotopic (exact) mass is 311 g/mol. The predicted molar refractivity (Wildman–Crippen MR) is 80.1 cm³/mol. The van der Waals surface area contributed by atoms with Gasteiger partial charge in [0.25, 0.3) is 0 Å². The second-order valence-electron chi connectivity index (χ2n) is 6.45. The molecule has 3 heterocycles. The minimum Gasteiger partial charge on any atom is -0.311 e. The molecule has 0 aromatic carbocycles. The third-order valence-electron chi connectivity index (χ3n) is 4.52. The quantitative estimate of drug-likeness (QED) is 0.900. The summed E-state index contributed by atoms with van der Waals surface area (Å²) < 4.78 is 25.1. The van der Waals surface area contributed by atoms with Crippen LogP contribution in [0.3, 0.4) is 0 Å². The molecule has 3 rings (SSSR count). The normalized spacial score (nSPS) is 27.7. The largest absolute Gasteiger partial charge is 0.311 e. The van der Waals surface area contributed by atoms with Gasteiger partial charge in [-0.2, -0.15) is 5.10 Å². The number of hydrogen-bond acceptors (Lipinski definition) is 4. The topological polar surface area (TPSA) is 81.1 Å². The number of nitrogens with zero attached hydrogens (tertiary/aromatic N) is 2. The number of rotatable bonds is 2. The van der Waals surface area contributed by atoms with Crippen LogP contribution in [0.25, 0.3) is 0 Å². The van der Waals surface area contributed by atoms with Crippen LogP contribution in [0.15, 0.2) is 0 Å². The van der Waals surface area contributed by atoms with Crippen molar-refractivity contribution in [1.82, 2.24) is 9.78 Å². The van der Waals surface area contributed by atoms with Crippen molar-refractivity contribution in [2.75, 3.05) is 16.8 Å². The predicted octanol–water partition coefficient (Wildman–Crippen LogP) is 1.63. The Hall–Kier alpha value is -1.37. The van der Waals surface area contributed by atoms with Crippen LogP contribution >= 0.6 is 0 Å². The molecule has 116 valence electrons. The van der Waals surface area contributed by atoms with Gasteiger partial charge in [0.15, 0.2) is 9.84 Å². The summed E-state index contributed by atoms with van der Waals surface area (Å²) in [4.78, 5) is 12.0. The van der Waals surface area contributed by atoms with Gasteiger partial charge in [0, 0.05) is 17.9 Å². The van der Waals surface area contributed by atoms with Crippen LogP contribution < -0.4 is 5.32 Å². The highest BCUT2D eigenvalue weighted by atomic mass is 32.2. The fraction of sp³-hybridized carbons (Fsp3) is 0.714. The van der Waals surface area contributed by atoms with Crippen molar-refractivity contribution in [2.24, 2.45) is 5.92 Å². The van der Waals surface area contributed by atoms with Gasteiger partial charge in [-0.25, -0.2) is 13.1 Å². The molecule has 1 saturated heterocycles. The minimum atomic E-state index is -2.98. The molecule has 1 amide bonds. The molecule has 0 aliphatic carbocycles. The number of amides is 1. The summed E-state index contributed by atoms with van der Waals surface area (Å²) in [5, 5.41) is 7.45. The van der Waals surface area contributed by atoms with E-state index in [2.05, 4.69) is 24.3 Å². The molecule has 0 radical (unpaired) electrons. The maximum atomic E-state index is 12.0. The van der Waals surface area contributed by atoms with E-state index in [1.54, 1.807) is 4.68 Å². The summed E-state index contributed by atoms with van der Waals surface area (Å²) >= 11 is 0. The van der Waals surface area contributed by atoms with E-state index in [1.807, 2.05) is 6.92 Å². The zero-order valence-corrected chi connectivity index (χ0v) is 13.4. The molecule has 2 atom stereocenters. The Labute approximate surface area is 124 Å². The zero-order chi connectivity index (χ0) is 15.4. The molecule has 21 heavy (non-hydrogen) atoms. The maximum absolute atomic E-state index is 12.0. The standard InChI is InChI=1S/C14H21N3O3S/c1-8(2)11-6-12(18)15-14-13(11)9(3)16-17(14)10-4-5-21(19,20)7-10/h8,10-11H,4-7H2,1-3H3,(H,15,18)/t10-,11+/m0/s1. The van der Waals surface area contributed by atoms with Gasteiger partial charge in [-0.15, -0.1) is 0 Å². The lowest BCUT2D eigenvalue weighted by Gasteiger charge is -2.27. The van der Waals surface area contributed by atoms with E-state index in [4.69, 9.17) is 0 Å². The number of carbonyl (C=O) groups is 1. The molecule has 2 aliphatic heterocycles. The van der Waals surface area contributed by atoms with E-state index >= 15 is 0 Å². The van der Waals surface area contributed by atoms with Crippen LogP contribution in [0.4, 0.5) is 5.82 Å². The molecule has 0 spiro atoms. The fourth-order valence-corrected chi connectivity index (χ4v) is 5.11. The van der Waals surface area contributed by atoms with Crippen LogP contribution in [0.2, 0.25) is 0 Å². The van der Waals surface area contributed by atoms with Crippen LogP contribution in [-0.2, 0) is 14.6 Å². The molecule has 1 N–H and O–H groups in total. The first-order chi connectivity index (χ1) is 9.78. The Kier molecular flexibility index (Phi) is 3.35. The molecule has 1 aromatic rings. The van der Waals surface area contributed by atoms with Crippen molar-refractivity contribution in [3.63, 3.8) is 0 Å². The molecule has 1 aromatic heterocycles. The minimum absolute atomic E-state index is 0.0109. The number of aryl methyl sites for hydroxylation is 1. The van der Waals surface area contributed by atoms with E-state index in [0.29, 0.717) is 24.6 Å². The van der Waals surface area contributed by atoms with Gasteiger partial charge in [0.05, 0.1) is 23.2 Å². The van der Waals surface area contributed by atoms with E-state index in [0.717, 1.165) is 11.3 Å². The van der Waals surface area contributed by atoms with Crippen molar-refractivity contribution in [3.8, 4) is 0 Å². The van der Waals surface area contributed by atoms with Gasteiger partial charge in [0.1, 0.15) is 5.82 Å². The van der Waals surface area contributed by atoms with Crippen LogP contribution in [0.1, 0.15) is 49.9 Å². The second kappa shape index (κ2) is 4.83. The lowest BCUT2D eigenvalue weighted by molar-refractivity contribution is -0.117. The molecule has 0 bridgehead atoms. The van der Waals surface area contributed by atoms with Crippen molar-refractivity contribution in [1.29, 1.82) is 0 Å². The van der Waals surface area contributed by atoms with Crippen molar-refractivity contribution in [3.05, 3.63) is 11.3 Å². The second-order valence-corrected chi connectivity index (χ2v) is 8.68. The van der Waals surface area contributed by atoms with Crippen molar-refractivity contribution >= 4 is 21.6 Å². The summed E-state index contributed by atoms with van der Waals surface area (Å²) in [6.45, 7) is 6.14. The third kappa shape index (κ3) is 2.47. The lowest BCUT2D eigenvalue weighted by atomic mass is 9.83. The highest BCUT2D eigenvalue weighted by Crippen LogP contribution is 2.41. The van der Waals surface area contributed by atoms with Crippen LogP contribution in [0, 0.1) is 12.8 Å². The number of nitrogens with one attached hydrogen (secondary N) is 1. The van der Waals surface area contributed by atoms with Gasteiger partial charge in [-0.3, -0.25) is 4.79 Å². The smallest absolute Gasteiger partial charge is 0.226 e. The number of aromatic nitrogens is 2. The molecule has 1 fully saturated rings. The molecule has 7 heteroatoms. The first-order valence-corrected chi connectivity index (χ1v) is 9.20. The number of fused-ring (bicyclic) bond motifs is 1. The van der Waals surface area contributed by atoms with Gasteiger partial charge < -0.3 is 5.32 Å². The molecular formula is C14H21N3O3S. The number of anilines is 1. The first kappa shape index (κ1) is 14.6. The maximum Gasteiger partial charge on any atom is 0.226 e. The molecular weight excluding hydrogens is 290 g/mol. The average Bonchev–Trinajstić information content (AvgIpc) is 2.89. The fourth-order valence-electron chi connectivity index (χ4n) is 3.42. The zero-order valence-electron chi connectivity index (χ0n) is 12.6. The van der Waals surface area contributed by atoms with Crippen molar-refractivity contribution in [2.45, 2.75) is 45.6 Å². The Bertz CT molecular complexity index is 691. The van der Waals surface area contributed by atoms with Gasteiger partial charge >= 0.3 is 0 Å². The summed E-state index contributed by atoms with van der Waals surface area (Å²) in [5.74, 6) is 1.52. The van der Waals surface area contributed by atoms with Gasteiger partial charge in [0.2, 0.25) is 5.91 Å². The van der Waals surface area contributed by atoms with E-state index in [-0.39, 0.29) is 29.4 Å². The SMILES string of the molecule is Cc1nn([C@H]2CCS(=O)(=O)C2)c2c1[C@@H](C(C)C)CC(=O)N2. The third-order valence-corrected chi connectivity index (χ3v) is 6.28. The summed E-state index contributed by atoms with van der Waals surface area (Å²) in [6, 6.07) is -0.163. The van der Waals surface area contributed by atoms with Gasteiger partial charge in [-0.1, -0.05) is 13.8 Å². The van der Waals surface area contributed by atoms with Crippen molar-refractivity contribution < 1.29 is 13.2 Å². The highest BCUT2D eigenvalue weighted by molar-refractivity contribution is 7.91. The number of sulfone groups is 1. The molecule has 6 nitrogen and oxygen atoms in total. The van der Waals surface area contributed by atoms with E-state index in [9.17, 15) is 13.2 Å². The van der Waals surface area contributed by atoms with Gasteiger partial charge in [-0.05, 0) is 19.3 Å². The number of carbonyl (C=O) groups excluding carboxylic acids is 1. The summed E-state index contributed by atoms with van der Waals surface area (Å²) in [6.07, 6.45) is 1.04. The summed E-state index contributed by atoms with van der Waals surface area (Å²) in [5.41, 5.74) is 1.97. The molecule has 2 aliphatic rings. The lowest BCUT2D eigenvalue weighted by Crippen LogP contribution is -2.27. The van der Waals surface area contributed by atoms with Crippen LogP contribution in [-0.4, -0.2) is 35.6 Å². The number of hydrogen-bond donors (Lipinski definition) is 1. The van der Waals surface area contributed by atoms with E-state index < -0.39 is 9.84 Å². The molecule has 0 saturated carbocycles. The highest BCUT2D eigenvalue weighted by Gasteiger charge is 2.37. The Morgan fingerprint density at radius 3 is 2.67 bits per heavy atom. The average molecular weight is 311 g/mol. The Morgan fingerprint density at radius 1 is 1.38 bits per heavy atom. The molecule has 0 unspecified atom stereocenters. The van der Waals surface area contributed by atoms with Crippen LogP contribution in [0.5, 0.6) is 0 Å². The first-order valence-electron chi connectivity index (χ1n) is 7.38. The summed E-state index contributed by atoms with van der Waals surface area (Å²) in [7, 11) is -2.98. The Balaban J connectivity index is 2.06.